The van der Waals surface area contributed by atoms with Gasteiger partial charge in [0.15, 0.2) is 0 Å². The first-order chi connectivity index (χ1) is 8.16. The van der Waals surface area contributed by atoms with Gasteiger partial charge in [-0.15, -0.1) is 0 Å². The molecule has 0 bridgehead atoms. The Balaban J connectivity index is 2.10. The van der Waals surface area contributed by atoms with Gasteiger partial charge in [0.2, 0.25) is 0 Å². The van der Waals surface area contributed by atoms with E-state index in [2.05, 4.69) is 0 Å². The molecule has 0 aliphatic carbocycles. The Morgan fingerprint density at radius 2 is 1.59 bits per heavy atom. The van der Waals surface area contributed by atoms with Gasteiger partial charge in [-0.2, -0.15) is 0 Å². The van der Waals surface area contributed by atoms with Gasteiger partial charge in [-0.25, -0.2) is 0 Å². The number of hydrogen-bond donors (Lipinski definition) is 1. The number of rotatable bonds is 3. The van der Waals surface area contributed by atoms with Crippen LogP contribution in [0.5, 0.6) is 5.75 Å². The molecule has 2 aromatic carbocycles. The van der Waals surface area contributed by atoms with Crippen LogP contribution in [0, 0.1) is 0 Å². The zero-order valence-electron chi connectivity index (χ0n) is 8.99. The highest BCUT2D eigenvalue weighted by atomic mass is 35.5. The molecule has 0 aliphatic rings. The minimum absolute atomic E-state index is 0.375. The van der Waals surface area contributed by atoms with Gasteiger partial charge in [-0.05, 0) is 5.56 Å². The van der Waals surface area contributed by atoms with Gasteiger partial charge in [0, 0.05) is 12.1 Å². The molecule has 0 aliphatic heterocycles. The summed E-state index contributed by atoms with van der Waals surface area (Å²) < 4.78 is 5.58. The van der Waals surface area contributed by atoms with Crippen LogP contribution in [0.4, 0.5) is 5.69 Å². The Kier molecular flexibility index (Phi) is 3.77. The lowest BCUT2D eigenvalue weighted by Gasteiger charge is -2.09. The summed E-state index contributed by atoms with van der Waals surface area (Å²) in [6.45, 7) is 0.470. The number of nitrogen functional groups attached to an aromatic ring is 1. The van der Waals surface area contributed by atoms with E-state index in [0.717, 1.165) is 5.56 Å². The number of anilines is 1. The lowest BCUT2D eigenvalue weighted by Crippen LogP contribution is -1.96. The van der Waals surface area contributed by atoms with Gasteiger partial charge in [0.25, 0.3) is 0 Å². The molecular formula is C13H11Cl2NO. The fourth-order valence-electron chi connectivity index (χ4n) is 1.39. The van der Waals surface area contributed by atoms with Gasteiger partial charge in [-0.3, -0.25) is 0 Å². The van der Waals surface area contributed by atoms with E-state index >= 15 is 0 Å². The maximum absolute atomic E-state index is 5.91. The molecule has 2 rings (SSSR count). The summed E-state index contributed by atoms with van der Waals surface area (Å²) in [4.78, 5) is 0. The second-order valence-electron chi connectivity index (χ2n) is 3.57. The molecule has 0 radical (unpaired) electrons. The van der Waals surface area contributed by atoms with E-state index in [1.807, 2.05) is 30.3 Å². The van der Waals surface area contributed by atoms with Crippen LogP contribution in [0.3, 0.4) is 0 Å². The molecule has 2 N–H and O–H groups in total. The summed E-state index contributed by atoms with van der Waals surface area (Å²) in [6.07, 6.45) is 0. The predicted molar refractivity (Wildman–Crippen MR) is 71.6 cm³/mol. The Morgan fingerprint density at radius 1 is 1.00 bits per heavy atom. The normalized spacial score (nSPS) is 10.2. The topological polar surface area (TPSA) is 35.2 Å². The monoisotopic (exact) mass is 267 g/mol. The van der Waals surface area contributed by atoms with Crippen molar-refractivity contribution in [2.24, 2.45) is 0 Å². The molecule has 4 heteroatoms. The molecule has 0 fully saturated rings. The molecule has 0 spiro atoms. The number of nitrogens with two attached hydrogens (primary N) is 1. The van der Waals surface area contributed by atoms with Crippen LogP contribution in [0.25, 0.3) is 0 Å². The Labute approximate surface area is 110 Å². The van der Waals surface area contributed by atoms with Crippen LogP contribution in [0.15, 0.2) is 42.5 Å². The second kappa shape index (κ2) is 5.30. The van der Waals surface area contributed by atoms with Gasteiger partial charge < -0.3 is 10.5 Å². The first-order valence-electron chi connectivity index (χ1n) is 5.08. The van der Waals surface area contributed by atoms with Crippen molar-refractivity contribution in [1.82, 2.24) is 0 Å². The van der Waals surface area contributed by atoms with Crippen molar-refractivity contribution in [2.45, 2.75) is 6.61 Å². The fraction of sp³-hybridized carbons (Fsp3) is 0.0769. The molecular weight excluding hydrogens is 257 g/mol. The number of benzene rings is 2. The van der Waals surface area contributed by atoms with Crippen molar-refractivity contribution >= 4 is 28.9 Å². The molecule has 2 nitrogen and oxygen atoms in total. The lowest BCUT2D eigenvalue weighted by molar-refractivity contribution is 0.306. The fourth-order valence-corrected chi connectivity index (χ4v) is 1.85. The lowest BCUT2D eigenvalue weighted by atomic mass is 10.2. The molecule has 0 saturated heterocycles. The van der Waals surface area contributed by atoms with E-state index in [4.69, 9.17) is 33.7 Å². The van der Waals surface area contributed by atoms with Crippen LogP contribution in [-0.2, 0) is 6.61 Å². The van der Waals surface area contributed by atoms with Crippen LogP contribution in [-0.4, -0.2) is 0 Å². The highest BCUT2D eigenvalue weighted by Gasteiger charge is 2.05. The third kappa shape index (κ3) is 3.05. The van der Waals surface area contributed by atoms with Gasteiger partial charge in [0.05, 0.1) is 15.7 Å². The van der Waals surface area contributed by atoms with Crippen molar-refractivity contribution in [1.29, 1.82) is 0 Å². The minimum atomic E-state index is 0.375. The smallest absolute Gasteiger partial charge is 0.122 e. The van der Waals surface area contributed by atoms with Crippen LogP contribution in [0.1, 0.15) is 5.56 Å². The van der Waals surface area contributed by atoms with Crippen molar-refractivity contribution in [3.8, 4) is 5.75 Å². The summed E-state index contributed by atoms with van der Waals surface area (Å²) in [6, 6.07) is 13.2. The Morgan fingerprint density at radius 3 is 2.18 bits per heavy atom. The van der Waals surface area contributed by atoms with Gasteiger partial charge >= 0.3 is 0 Å². The zero-order chi connectivity index (χ0) is 12.3. The molecule has 0 heterocycles. The van der Waals surface area contributed by atoms with Crippen molar-refractivity contribution in [3.05, 3.63) is 58.1 Å². The van der Waals surface area contributed by atoms with Crippen molar-refractivity contribution in [3.63, 3.8) is 0 Å². The highest BCUT2D eigenvalue weighted by molar-refractivity contribution is 6.39. The van der Waals surface area contributed by atoms with Gasteiger partial charge in [0.1, 0.15) is 12.4 Å². The molecule has 0 unspecified atom stereocenters. The average Bonchev–Trinajstić information content (AvgIpc) is 2.34. The summed E-state index contributed by atoms with van der Waals surface area (Å²) >= 11 is 11.8. The zero-order valence-corrected chi connectivity index (χ0v) is 10.5. The van der Waals surface area contributed by atoms with E-state index in [0.29, 0.717) is 28.1 Å². The molecule has 0 amide bonds. The number of halogens is 2. The van der Waals surface area contributed by atoms with Crippen LogP contribution >= 0.6 is 23.2 Å². The summed E-state index contributed by atoms with van der Waals surface area (Å²) in [5, 5.41) is 0.807. The summed E-state index contributed by atoms with van der Waals surface area (Å²) in [5.74, 6) is 0.609. The third-order valence-electron chi connectivity index (χ3n) is 2.30. The average molecular weight is 268 g/mol. The highest BCUT2D eigenvalue weighted by Crippen LogP contribution is 2.32. The molecule has 0 saturated carbocycles. The maximum atomic E-state index is 5.91. The Hall–Kier alpha value is -1.38. The summed E-state index contributed by atoms with van der Waals surface area (Å²) in [5.41, 5.74) is 7.09. The van der Waals surface area contributed by atoms with Crippen LogP contribution in [0.2, 0.25) is 10.0 Å². The molecule has 2 aromatic rings. The quantitative estimate of drug-likeness (QED) is 0.848. The van der Waals surface area contributed by atoms with Gasteiger partial charge in [-0.1, -0.05) is 53.5 Å². The number of hydrogen-bond acceptors (Lipinski definition) is 2. The van der Waals surface area contributed by atoms with E-state index in [9.17, 15) is 0 Å². The Bertz CT molecular complexity index is 491. The summed E-state index contributed by atoms with van der Waals surface area (Å²) in [7, 11) is 0. The van der Waals surface area contributed by atoms with Crippen LogP contribution < -0.4 is 10.5 Å². The standard InChI is InChI=1S/C13H11Cl2NO/c14-11-6-10(7-12(15)13(11)16)17-8-9-4-2-1-3-5-9/h1-7H,8,16H2. The largest absolute Gasteiger partial charge is 0.489 e. The molecule has 17 heavy (non-hydrogen) atoms. The number of ether oxygens (including phenoxy) is 1. The van der Waals surface area contributed by atoms with Crippen molar-refractivity contribution < 1.29 is 4.74 Å². The van der Waals surface area contributed by atoms with E-state index in [-0.39, 0.29) is 0 Å². The SMILES string of the molecule is Nc1c(Cl)cc(OCc2ccccc2)cc1Cl. The maximum Gasteiger partial charge on any atom is 0.122 e. The molecule has 0 aromatic heterocycles. The predicted octanol–water partition coefficient (Wildman–Crippen LogP) is 4.15. The molecule has 88 valence electrons. The first-order valence-corrected chi connectivity index (χ1v) is 5.83. The first kappa shape index (κ1) is 12.1. The molecule has 0 atom stereocenters. The van der Waals surface area contributed by atoms with E-state index in [1.165, 1.54) is 0 Å². The van der Waals surface area contributed by atoms with E-state index < -0.39 is 0 Å². The van der Waals surface area contributed by atoms with Crippen molar-refractivity contribution in [2.75, 3.05) is 5.73 Å². The minimum Gasteiger partial charge on any atom is -0.489 e. The second-order valence-corrected chi connectivity index (χ2v) is 4.39. The van der Waals surface area contributed by atoms with E-state index in [1.54, 1.807) is 12.1 Å². The third-order valence-corrected chi connectivity index (χ3v) is 2.93.